The minimum atomic E-state index is -1.23. The van der Waals surface area contributed by atoms with Gasteiger partial charge in [0.05, 0.1) is 23.0 Å². The molecule has 0 spiro atoms. The van der Waals surface area contributed by atoms with Gasteiger partial charge in [-0.15, -0.1) is 0 Å². The number of rotatable bonds is 2. The number of methoxy groups -OCH3 is 1. The van der Waals surface area contributed by atoms with Crippen LogP contribution in [0.1, 0.15) is 10.5 Å². The molecule has 0 aliphatic rings. The molecule has 0 aliphatic heterocycles. The molecule has 2 aromatic rings. The first-order valence-electron chi connectivity index (χ1n) is 4.60. The number of hydrogen-bond donors (Lipinski definition) is 1. The van der Waals surface area contributed by atoms with Crippen molar-refractivity contribution in [3.05, 3.63) is 34.7 Å². The number of carboxylic acid groups (broad SMARTS) is 1. The van der Waals surface area contributed by atoms with Gasteiger partial charge in [-0.1, -0.05) is 11.6 Å². The molecule has 6 heteroatoms. The number of ether oxygens (including phenoxy) is 1. The predicted molar refractivity (Wildman–Crippen MR) is 60.2 cm³/mol. The van der Waals surface area contributed by atoms with Crippen molar-refractivity contribution in [1.82, 2.24) is 4.98 Å². The topological polar surface area (TPSA) is 59.4 Å². The molecule has 0 amide bonds. The van der Waals surface area contributed by atoms with E-state index in [1.54, 1.807) is 0 Å². The van der Waals surface area contributed by atoms with Crippen LogP contribution in [0.15, 0.2) is 18.2 Å². The van der Waals surface area contributed by atoms with Gasteiger partial charge in [-0.3, -0.25) is 0 Å². The first kappa shape index (κ1) is 11.6. The monoisotopic (exact) mass is 255 g/mol. The Labute approximate surface area is 101 Å². The number of nitrogens with zero attached hydrogens (tertiary/aromatic N) is 1. The summed E-state index contributed by atoms with van der Waals surface area (Å²) in [5.74, 6) is -1.70. The second-order valence-corrected chi connectivity index (χ2v) is 3.67. The number of aromatic carboxylic acids is 1. The third kappa shape index (κ3) is 1.89. The highest BCUT2D eigenvalue weighted by atomic mass is 35.5. The Morgan fingerprint density at radius 1 is 1.53 bits per heavy atom. The van der Waals surface area contributed by atoms with Crippen LogP contribution in [-0.4, -0.2) is 23.2 Å². The first-order valence-corrected chi connectivity index (χ1v) is 4.98. The lowest BCUT2D eigenvalue weighted by Gasteiger charge is -2.08. The molecule has 0 bridgehead atoms. The molecular formula is C11H7ClFNO3. The van der Waals surface area contributed by atoms with E-state index in [1.807, 2.05) is 0 Å². The maximum absolute atomic E-state index is 13.6. The molecule has 0 unspecified atom stereocenters. The summed E-state index contributed by atoms with van der Waals surface area (Å²) in [5.41, 5.74) is -0.176. The van der Waals surface area contributed by atoms with Crippen LogP contribution in [0.25, 0.3) is 10.9 Å². The van der Waals surface area contributed by atoms with E-state index in [-0.39, 0.29) is 27.4 Å². The van der Waals surface area contributed by atoms with Crippen molar-refractivity contribution in [2.45, 2.75) is 0 Å². The van der Waals surface area contributed by atoms with Gasteiger partial charge < -0.3 is 9.84 Å². The molecule has 0 radical (unpaired) electrons. The van der Waals surface area contributed by atoms with Gasteiger partial charge in [0.1, 0.15) is 11.6 Å². The van der Waals surface area contributed by atoms with Gasteiger partial charge >= 0.3 is 5.97 Å². The lowest BCUT2D eigenvalue weighted by Crippen LogP contribution is -2.02. The second-order valence-electron chi connectivity index (χ2n) is 3.27. The van der Waals surface area contributed by atoms with E-state index in [0.717, 1.165) is 6.07 Å². The van der Waals surface area contributed by atoms with Crippen molar-refractivity contribution in [3.8, 4) is 5.75 Å². The van der Waals surface area contributed by atoms with E-state index in [0.29, 0.717) is 0 Å². The fraction of sp³-hybridized carbons (Fsp3) is 0.0909. The average molecular weight is 256 g/mol. The van der Waals surface area contributed by atoms with Gasteiger partial charge in [0, 0.05) is 6.07 Å². The van der Waals surface area contributed by atoms with Crippen molar-refractivity contribution in [3.63, 3.8) is 0 Å². The third-order valence-electron chi connectivity index (χ3n) is 2.26. The van der Waals surface area contributed by atoms with Gasteiger partial charge in [-0.25, -0.2) is 14.2 Å². The highest BCUT2D eigenvalue weighted by molar-refractivity contribution is 6.35. The molecule has 1 aromatic carbocycles. The summed E-state index contributed by atoms with van der Waals surface area (Å²) in [5, 5.41) is 9.11. The molecule has 4 nitrogen and oxygen atoms in total. The molecule has 1 aromatic heterocycles. The number of benzene rings is 1. The van der Waals surface area contributed by atoms with Crippen molar-refractivity contribution in [1.29, 1.82) is 0 Å². The fourth-order valence-corrected chi connectivity index (χ4v) is 1.70. The highest BCUT2D eigenvalue weighted by Gasteiger charge is 2.16. The van der Waals surface area contributed by atoms with Crippen LogP contribution in [0, 0.1) is 5.82 Å². The van der Waals surface area contributed by atoms with Crippen molar-refractivity contribution >= 4 is 28.5 Å². The molecule has 1 heterocycles. The smallest absolute Gasteiger partial charge is 0.354 e. The van der Waals surface area contributed by atoms with Crippen LogP contribution < -0.4 is 4.74 Å². The Bertz CT molecular complexity index is 615. The van der Waals surface area contributed by atoms with Crippen LogP contribution in [0.5, 0.6) is 5.75 Å². The molecular weight excluding hydrogens is 249 g/mol. The van der Waals surface area contributed by atoms with Crippen LogP contribution in [-0.2, 0) is 0 Å². The van der Waals surface area contributed by atoms with E-state index in [1.165, 1.54) is 19.2 Å². The lowest BCUT2D eigenvalue weighted by molar-refractivity contribution is 0.0690. The zero-order chi connectivity index (χ0) is 12.6. The maximum atomic E-state index is 13.6. The van der Waals surface area contributed by atoms with E-state index < -0.39 is 11.8 Å². The summed E-state index contributed by atoms with van der Waals surface area (Å²) < 4.78 is 18.6. The van der Waals surface area contributed by atoms with E-state index >= 15 is 0 Å². The SMILES string of the molecule is COc1cc(C(=O)O)nc2c(Cl)ccc(F)c12. The molecule has 0 aliphatic carbocycles. The Morgan fingerprint density at radius 3 is 2.82 bits per heavy atom. The summed E-state index contributed by atoms with van der Waals surface area (Å²) in [7, 11) is 1.32. The van der Waals surface area contributed by atoms with Gasteiger partial charge in [0.2, 0.25) is 0 Å². The zero-order valence-corrected chi connectivity index (χ0v) is 9.45. The lowest BCUT2D eigenvalue weighted by atomic mass is 10.1. The molecule has 0 atom stereocenters. The summed E-state index contributed by atoms with van der Waals surface area (Å²) >= 11 is 5.86. The highest BCUT2D eigenvalue weighted by Crippen LogP contribution is 2.32. The van der Waals surface area contributed by atoms with E-state index in [2.05, 4.69) is 4.98 Å². The number of pyridine rings is 1. The zero-order valence-electron chi connectivity index (χ0n) is 8.70. The average Bonchev–Trinajstić information content (AvgIpc) is 2.32. The third-order valence-corrected chi connectivity index (χ3v) is 2.57. The van der Waals surface area contributed by atoms with Crippen molar-refractivity contribution in [2.75, 3.05) is 7.11 Å². The fourth-order valence-electron chi connectivity index (χ4n) is 1.50. The van der Waals surface area contributed by atoms with Crippen LogP contribution >= 0.6 is 11.6 Å². The molecule has 17 heavy (non-hydrogen) atoms. The van der Waals surface area contributed by atoms with E-state index in [9.17, 15) is 9.18 Å². The van der Waals surface area contributed by atoms with Crippen LogP contribution in [0.2, 0.25) is 5.02 Å². The van der Waals surface area contributed by atoms with Crippen molar-refractivity contribution < 1.29 is 19.0 Å². The minimum Gasteiger partial charge on any atom is -0.496 e. The predicted octanol–water partition coefficient (Wildman–Crippen LogP) is 2.73. The summed E-state index contributed by atoms with van der Waals surface area (Å²) in [6.45, 7) is 0. The molecule has 88 valence electrons. The first-order chi connectivity index (χ1) is 8.04. The number of carboxylic acids is 1. The summed E-state index contributed by atoms with van der Waals surface area (Å²) in [6, 6.07) is 3.65. The quantitative estimate of drug-likeness (QED) is 0.896. The number of fused-ring (bicyclic) bond motifs is 1. The Hall–Kier alpha value is -1.88. The molecule has 2 rings (SSSR count). The largest absolute Gasteiger partial charge is 0.496 e. The van der Waals surface area contributed by atoms with Gasteiger partial charge in [-0.05, 0) is 12.1 Å². The molecule has 0 saturated heterocycles. The number of hydrogen-bond acceptors (Lipinski definition) is 3. The second kappa shape index (κ2) is 4.18. The van der Waals surface area contributed by atoms with Gasteiger partial charge in [0.25, 0.3) is 0 Å². The summed E-state index contributed by atoms with van der Waals surface area (Å²) in [6.07, 6.45) is 0. The minimum absolute atomic E-state index is 0.0726. The molecule has 0 fully saturated rings. The van der Waals surface area contributed by atoms with Crippen LogP contribution in [0.4, 0.5) is 4.39 Å². The van der Waals surface area contributed by atoms with Crippen LogP contribution in [0.3, 0.4) is 0 Å². The Morgan fingerprint density at radius 2 is 2.24 bits per heavy atom. The summed E-state index contributed by atoms with van der Waals surface area (Å²) in [4.78, 5) is 14.6. The Kier molecular flexibility index (Phi) is 2.85. The number of halogens is 2. The molecule has 1 N–H and O–H groups in total. The van der Waals surface area contributed by atoms with Gasteiger partial charge in [0.15, 0.2) is 5.69 Å². The number of aromatic nitrogens is 1. The van der Waals surface area contributed by atoms with E-state index in [4.69, 9.17) is 21.4 Å². The maximum Gasteiger partial charge on any atom is 0.354 e. The van der Waals surface area contributed by atoms with Gasteiger partial charge in [-0.2, -0.15) is 0 Å². The molecule has 0 saturated carbocycles. The van der Waals surface area contributed by atoms with Crippen molar-refractivity contribution in [2.24, 2.45) is 0 Å². The normalized spacial score (nSPS) is 10.5. The Balaban J connectivity index is 2.91. The number of carbonyl (C=O) groups is 1. The standard InChI is InChI=1S/C11H7ClFNO3/c1-17-8-4-7(11(15)16)14-10-5(12)2-3-6(13)9(8)10/h2-4H,1H3,(H,15,16).